The molecule has 0 bridgehead atoms. The summed E-state index contributed by atoms with van der Waals surface area (Å²) in [6, 6.07) is 12.8. The summed E-state index contributed by atoms with van der Waals surface area (Å²) in [7, 11) is -2.81. The number of methoxy groups -OCH3 is 1. The number of amides is 2. The van der Waals surface area contributed by atoms with E-state index < -0.39 is 88.1 Å². The van der Waals surface area contributed by atoms with Crippen molar-refractivity contribution < 1.29 is 61.9 Å². The zero-order chi connectivity index (χ0) is 46.5. The normalized spacial score (nSPS) is 22.1. The van der Waals surface area contributed by atoms with Gasteiger partial charge in [-0.25, -0.2) is 18.0 Å². The summed E-state index contributed by atoms with van der Waals surface area (Å²) in [6.45, 7) is 9.18. The van der Waals surface area contributed by atoms with E-state index in [1.807, 2.05) is 26.8 Å². The molecule has 18 nitrogen and oxygen atoms in total. The predicted molar refractivity (Wildman–Crippen MR) is 232 cm³/mol. The molecule has 2 fully saturated rings. The van der Waals surface area contributed by atoms with Crippen molar-refractivity contribution in [3.05, 3.63) is 60.2 Å². The van der Waals surface area contributed by atoms with Gasteiger partial charge in [0.15, 0.2) is 12.4 Å². The van der Waals surface area contributed by atoms with E-state index in [1.165, 1.54) is 36.3 Å². The molecule has 0 radical (unpaired) electrons. The number of carbonyl (C=O) groups excluding carboxylic acids is 4. The fourth-order valence-electron chi connectivity index (χ4n) is 7.39. The van der Waals surface area contributed by atoms with Gasteiger partial charge in [0.25, 0.3) is 5.91 Å². The molecule has 19 heteroatoms. The fraction of sp³-hybridized carbons (Fsp3) is 0.636. The number of aliphatic hydroxyl groups is 3. The van der Waals surface area contributed by atoms with Crippen LogP contribution in [0.3, 0.4) is 0 Å². The lowest BCUT2D eigenvalue weighted by Crippen LogP contribution is -2.53. The van der Waals surface area contributed by atoms with Crippen LogP contribution in [0.25, 0.3) is 0 Å². The average Bonchev–Trinajstić information content (AvgIpc) is 3.57. The first-order chi connectivity index (χ1) is 29.8. The number of esters is 1. The second-order valence-electron chi connectivity index (χ2n) is 17.2. The van der Waals surface area contributed by atoms with Gasteiger partial charge in [0, 0.05) is 44.4 Å². The van der Waals surface area contributed by atoms with Gasteiger partial charge in [-0.3, -0.25) is 9.59 Å². The molecule has 2 amide bonds. The molecule has 2 aliphatic rings. The maximum atomic E-state index is 13.8. The lowest BCUT2D eigenvalue weighted by Gasteiger charge is -2.35. The number of ether oxygens (including phenoxy) is 4. The molecule has 1 unspecified atom stereocenters. The van der Waals surface area contributed by atoms with Crippen LogP contribution in [0.5, 0.6) is 0 Å². The molecular formula is C44H67N5O13S. The molecule has 8 atom stereocenters. The number of hydrogen-bond donors (Lipinski definition) is 6. The van der Waals surface area contributed by atoms with Crippen LogP contribution in [0.2, 0.25) is 0 Å². The molecule has 0 spiro atoms. The average molecular weight is 906 g/mol. The van der Waals surface area contributed by atoms with Crippen molar-refractivity contribution in [3.63, 3.8) is 0 Å². The van der Waals surface area contributed by atoms with E-state index in [-0.39, 0.29) is 43.5 Å². The number of hydrogen-bond acceptors (Lipinski definition) is 15. The van der Waals surface area contributed by atoms with Crippen molar-refractivity contribution in [3.8, 4) is 0 Å². The highest BCUT2D eigenvalue weighted by molar-refractivity contribution is 7.89. The summed E-state index contributed by atoms with van der Waals surface area (Å²) in [5, 5.41) is 39.5. The highest BCUT2D eigenvalue weighted by Gasteiger charge is 2.50. The molecule has 352 valence electrons. The highest BCUT2D eigenvalue weighted by atomic mass is 32.2. The summed E-state index contributed by atoms with van der Waals surface area (Å²) >= 11 is 0. The number of likely N-dealkylation sites (tertiary alicyclic amines) is 1. The van der Waals surface area contributed by atoms with E-state index in [1.54, 1.807) is 38.1 Å². The molecule has 2 aliphatic heterocycles. The lowest BCUT2D eigenvalue weighted by molar-refractivity contribution is -0.163. The second-order valence-corrected chi connectivity index (χ2v) is 19.2. The Morgan fingerprint density at radius 3 is 2.35 bits per heavy atom. The smallest absolute Gasteiger partial charge is 0.408 e. The van der Waals surface area contributed by atoms with Crippen LogP contribution >= 0.6 is 0 Å². The molecule has 4 rings (SSSR count). The Bertz CT molecular complexity index is 1900. The largest absolute Gasteiger partial charge is 0.464 e. The Morgan fingerprint density at radius 2 is 1.71 bits per heavy atom. The molecule has 0 aliphatic carbocycles. The standard InChI is InChI=1S/C44H67N5O13S/c1-7-44(4,5)39(53)40(54)49-22-12-11-16-33(49)41(55)60-23-13-21-46-25-34(50)37-36(52)38(42(59-6)61-37)62-43(56)47-32(24-29-14-9-8-10-15-29)35(51)27-48(26-28(2)3)63(57,58)31-19-17-30(45)18-20-31/h8-10,14-15,17-20,28,32-38,42,46,50-52H,7,11-13,16,21-27,45H2,1-6H3,(H,47,56)/t32-,33+,34?,35+,36-,37+,38+,42-/m0/s1. The van der Waals surface area contributed by atoms with Crippen LogP contribution in [0, 0.1) is 11.3 Å². The number of alkyl carbamates (subject to hydrolysis) is 1. The minimum Gasteiger partial charge on any atom is -0.464 e. The summed E-state index contributed by atoms with van der Waals surface area (Å²) in [4.78, 5) is 53.7. The predicted octanol–water partition coefficient (Wildman–Crippen LogP) is 1.98. The topological polar surface area (TPSA) is 257 Å². The number of sulfonamides is 1. The van der Waals surface area contributed by atoms with Crippen molar-refractivity contribution in [2.24, 2.45) is 11.3 Å². The number of anilines is 1. The highest BCUT2D eigenvalue weighted by Crippen LogP contribution is 2.28. The summed E-state index contributed by atoms with van der Waals surface area (Å²) < 4.78 is 50.8. The first kappa shape index (κ1) is 51.4. The van der Waals surface area contributed by atoms with E-state index in [2.05, 4.69) is 10.6 Å². The Labute approximate surface area is 370 Å². The van der Waals surface area contributed by atoms with Crippen LogP contribution in [0.4, 0.5) is 10.5 Å². The van der Waals surface area contributed by atoms with Gasteiger partial charge in [-0.05, 0) is 80.8 Å². The third-order valence-corrected chi connectivity index (χ3v) is 13.3. The number of aliphatic hydroxyl groups excluding tert-OH is 3. The van der Waals surface area contributed by atoms with Gasteiger partial charge < -0.3 is 55.5 Å². The van der Waals surface area contributed by atoms with Gasteiger partial charge in [0.05, 0.1) is 29.8 Å². The Hall–Kier alpha value is -4.21. The zero-order valence-corrected chi connectivity index (χ0v) is 38.0. The Morgan fingerprint density at radius 1 is 1.03 bits per heavy atom. The van der Waals surface area contributed by atoms with E-state index >= 15 is 0 Å². The van der Waals surface area contributed by atoms with Crippen LogP contribution in [-0.4, -0.2) is 152 Å². The number of carbonyl (C=O) groups is 4. The Kier molecular flexibility index (Phi) is 19.3. The number of nitrogen functional groups attached to an aromatic ring is 1. The molecule has 2 aromatic carbocycles. The number of nitrogens with zero attached hydrogens (tertiary/aromatic N) is 2. The first-order valence-electron chi connectivity index (χ1n) is 21.6. The van der Waals surface area contributed by atoms with Gasteiger partial charge in [0.2, 0.25) is 15.8 Å². The van der Waals surface area contributed by atoms with E-state index in [0.717, 1.165) is 16.3 Å². The summed E-state index contributed by atoms with van der Waals surface area (Å²) in [5.74, 6) is -1.89. The van der Waals surface area contributed by atoms with Crippen molar-refractivity contribution in [2.45, 2.75) is 127 Å². The maximum Gasteiger partial charge on any atom is 0.408 e. The van der Waals surface area contributed by atoms with E-state index in [4.69, 9.17) is 24.7 Å². The lowest BCUT2D eigenvalue weighted by atomic mass is 9.84. The molecule has 7 N–H and O–H groups in total. The quantitative estimate of drug-likeness (QED) is 0.0404. The Balaban J connectivity index is 1.31. The van der Waals surface area contributed by atoms with Crippen molar-refractivity contribution >= 4 is 39.5 Å². The van der Waals surface area contributed by atoms with Crippen molar-refractivity contribution in [1.29, 1.82) is 0 Å². The van der Waals surface area contributed by atoms with Crippen LogP contribution in [0.15, 0.2) is 59.5 Å². The van der Waals surface area contributed by atoms with E-state index in [9.17, 15) is 42.9 Å². The fourth-order valence-corrected chi connectivity index (χ4v) is 9.01. The van der Waals surface area contributed by atoms with E-state index in [0.29, 0.717) is 44.5 Å². The number of rotatable bonds is 23. The van der Waals surface area contributed by atoms with Gasteiger partial charge in [-0.1, -0.05) is 65.0 Å². The molecule has 2 aromatic rings. The zero-order valence-electron chi connectivity index (χ0n) is 37.2. The number of nitrogens with one attached hydrogen (secondary N) is 2. The molecule has 0 saturated carbocycles. The van der Waals surface area contributed by atoms with Crippen LogP contribution < -0.4 is 16.4 Å². The summed E-state index contributed by atoms with van der Waals surface area (Å²) in [6.07, 6.45) is -6.51. The minimum atomic E-state index is -4.09. The SMILES string of the molecule is CCC(C)(C)C(=O)C(=O)N1CCCC[C@@H]1C(=O)OCCCNCC(O)[C@H]1O[C@H](OC)[C@H](OC(=O)N[C@@H](Cc2ccccc2)[C@H](O)CN(CC(C)C)S(=O)(=O)c2ccc(N)cc2)[C@H]1O. The van der Waals surface area contributed by atoms with Crippen molar-refractivity contribution in [2.75, 3.05) is 52.2 Å². The van der Waals surface area contributed by atoms with Gasteiger partial charge in [-0.15, -0.1) is 0 Å². The number of ketones is 1. The second kappa shape index (κ2) is 23.6. The third-order valence-electron chi connectivity index (χ3n) is 11.5. The van der Waals surface area contributed by atoms with Gasteiger partial charge in [0.1, 0.15) is 18.2 Å². The molecule has 2 saturated heterocycles. The van der Waals surface area contributed by atoms with Gasteiger partial charge >= 0.3 is 12.1 Å². The third kappa shape index (κ3) is 14.1. The molecular weight excluding hydrogens is 839 g/mol. The summed E-state index contributed by atoms with van der Waals surface area (Å²) in [5.41, 5.74) is 6.07. The number of piperidine rings is 1. The number of nitrogens with two attached hydrogens (primary N) is 1. The van der Waals surface area contributed by atoms with Crippen LogP contribution in [0.1, 0.15) is 72.3 Å². The number of Topliss-reactive ketones (excluding diaryl/α,β-unsaturated/α-hetero) is 1. The number of benzene rings is 2. The van der Waals surface area contributed by atoms with Gasteiger partial charge in [-0.2, -0.15) is 4.31 Å². The first-order valence-corrected chi connectivity index (χ1v) is 23.1. The minimum absolute atomic E-state index is 0.00578. The van der Waals surface area contributed by atoms with Crippen molar-refractivity contribution in [1.82, 2.24) is 19.8 Å². The van der Waals surface area contributed by atoms with Crippen LogP contribution in [-0.2, 0) is 49.8 Å². The molecule has 63 heavy (non-hydrogen) atoms. The maximum absolute atomic E-state index is 13.8. The molecule has 2 heterocycles. The molecule has 0 aromatic heterocycles. The monoisotopic (exact) mass is 905 g/mol.